The maximum absolute atomic E-state index is 13.1. The lowest BCUT2D eigenvalue weighted by Crippen LogP contribution is -2.42. The van der Waals surface area contributed by atoms with Gasteiger partial charge in [0.25, 0.3) is 11.5 Å². The van der Waals surface area contributed by atoms with Gasteiger partial charge in [-0.05, 0) is 25.1 Å². The lowest BCUT2D eigenvalue weighted by atomic mass is 10.1. The summed E-state index contributed by atoms with van der Waals surface area (Å²) in [5.74, 6) is 0.446. The molecule has 1 atom stereocenters. The third kappa shape index (κ3) is 2.65. The van der Waals surface area contributed by atoms with Crippen LogP contribution in [0.1, 0.15) is 22.8 Å². The fraction of sp³-hybridized carbons (Fsp3) is 0.211. The van der Waals surface area contributed by atoms with Crippen LogP contribution in [-0.4, -0.2) is 32.8 Å². The molecule has 0 N–H and O–H groups in total. The summed E-state index contributed by atoms with van der Waals surface area (Å²) in [4.78, 5) is 31.7. The minimum Gasteiger partial charge on any atom is -0.491 e. The molecule has 1 aliphatic rings. The number of pyridine rings is 1. The molecule has 0 spiro atoms. The molecule has 3 aromatic rings. The molecule has 1 amide bonds. The summed E-state index contributed by atoms with van der Waals surface area (Å²) < 4.78 is 7.17. The number of ether oxygens (including phenoxy) is 1. The molecular formula is C19H17N3O3. The van der Waals surface area contributed by atoms with Crippen molar-refractivity contribution in [3.05, 3.63) is 76.3 Å². The van der Waals surface area contributed by atoms with Crippen molar-refractivity contribution in [1.29, 1.82) is 0 Å². The number of fused-ring (bicyclic) bond motifs is 2. The van der Waals surface area contributed by atoms with Crippen molar-refractivity contribution in [2.75, 3.05) is 6.61 Å². The van der Waals surface area contributed by atoms with Crippen molar-refractivity contribution in [3.63, 3.8) is 0 Å². The normalized spacial score (nSPS) is 16.8. The number of benzene rings is 1. The second-order valence-electron chi connectivity index (χ2n) is 6.11. The smallest absolute Gasteiger partial charge is 0.270 e. The maximum Gasteiger partial charge on any atom is 0.270 e. The van der Waals surface area contributed by atoms with Crippen molar-refractivity contribution in [2.24, 2.45) is 0 Å². The molecule has 0 bridgehead atoms. The topological polar surface area (TPSA) is 63.9 Å². The minimum atomic E-state index is -0.360. The number of rotatable bonds is 1. The second kappa shape index (κ2) is 6.05. The summed E-state index contributed by atoms with van der Waals surface area (Å²) in [6, 6.07) is 12.7. The summed E-state index contributed by atoms with van der Waals surface area (Å²) >= 11 is 0. The molecule has 126 valence electrons. The predicted octanol–water partition coefficient (Wildman–Crippen LogP) is 2.12. The first-order chi connectivity index (χ1) is 12.1. The zero-order chi connectivity index (χ0) is 17.4. The van der Waals surface area contributed by atoms with Crippen molar-refractivity contribution in [3.8, 4) is 5.75 Å². The Bertz CT molecular complexity index is 1010. The largest absolute Gasteiger partial charge is 0.491 e. The zero-order valence-corrected chi connectivity index (χ0v) is 13.8. The van der Waals surface area contributed by atoms with Gasteiger partial charge in [-0.1, -0.05) is 24.3 Å². The number of carbonyl (C=O) groups excluding carboxylic acids is 1. The Kier molecular flexibility index (Phi) is 3.72. The molecule has 1 unspecified atom stereocenters. The van der Waals surface area contributed by atoms with Crippen LogP contribution in [0.15, 0.2) is 59.7 Å². The van der Waals surface area contributed by atoms with Gasteiger partial charge < -0.3 is 9.64 Å². The first-order valence-electron chi connectivity index (χ1n) is 8.13. The van der Waals surface area contributed by atoms with E-state index in [-0.39, 0.29) is 23.1 Å². The summed E-state index contributed by atoms with van der Waals surface area (Å²) in [6.45, 7) is 2.69. The van der Waals surface area contributed by atoms with Gasteiger partial charge in [-0.25, -0.2) is 4.98 Å². The van der Waals surface area contributed by atoms with Crippen LogP contribution in [0.4, 0.5) is 0 Å². The fourth-order valence-corrected chi connectivity index (χ4v) is 3.02. The van der Waals surface area contributed by atoms with E-state index >= 15 is 0 Å². The molecule has 0 fully saturated rings. The number of nitrogens with zero attached hydrogens (tertiary/aromatic N) is 3. The first kappa shape index (κ1) is 15.4. The molecule has 6 heteroatoms. The standard InChI is InChI=1S/C19H17N3O3/c1-13-12-25-16-7-3-2-6-14(16)11-22(13)19(24)15-10-20-17-8-4-5-9-21(17)18(15)23/h2-10,13H,11-12H2,1H3. The van der Waals surface area contributed by atoms with Gasteiger partial charge in [0.05, 0.1) is 12.6 Å². The van der Waals surface area contributed by atoms with E-state index in [1.54, 1.807) is 29.3 Å². The molecule has 1 aliphatic heterocycles. The molecule has 3 heterocycles. The summed E-state index contributed by atoms with van der Waals surface area (Å²) in [7, 11) is 0. The van der Waals surface area contributed by atoms with E-state index in [4.69, 9.17) is 4.74 Å². The van der Waals surface area contributed by atoms with E-state index in [0.29, 0.717) is 18.8 Å². The molecule has 0 aliphatic carbocycles. The van der Waals surface area contributed by atoms with Gasteiger partial charge in [0.2, 0.25) is 0 Å². The van der Waals surface area contributed by atoms with E-state index in [2.05, 4.69) is 4.98 Å². The van der Waals surface area contributed by atoms with E-state index < -0.39 is 0 Å². The Hall–Kier alpha value is -3.15. The van der Waals surface area contributed by atoms with Crippen LogP contribution in [0.25, 0.3) is 5.65 Å². The molecule has 0 saturated carbocycles. The highest BCUT2D eigenvalue weighted by Gasteiger charge is 2.28. The van der Waals surface area contributed by atoms with Crippen molar-refractivity contribution >= 4 is 11.6 Å². The van der Waals surface area contributed by atoms with Gasteiger partial charge in [-0.3, -0.25) is 14.0 Å². The van der Waals surface area contributed by atoms with Crippen LogP contribution in [-0.2, 0) is 6.54 Å². The summed E-state index contributed by atoms with van der Waals surface area (Å²) in [5.41, 5.74) is 1.15. The van der Waals surface area contributed by atoms with Crippen LogP contribution < -0.4 is 10.3 Å². The third-order valence-electron chi connectivity index (χ3n) is 4.43. The van der Waals surface area contributed by atoms with Crippen LogP contribution in [0.2, 0.25) is 0 Å². The van der Waals surface area contributed by atoms with Crippen LogP contribution in [0.5, 0.6) is 5.75 Å². The SMILES string of the molecule is CC1COc2ccccc2CN1C(=O)c1cnc2ccccn2c1=O. The maximum atomic E-state index is 13.1. The molecule has 0 radical (unpaired) electrons. The molecule has 2 aromatic heterocycles. The molecule has 1 aromatic carbocycles. The Morgan fingerprint density at radius 1 is 1.20 bits per heavy atom. The van der Waals surface area contributed by atoms with E-state index in [9.17, 15) is 9.59 Å². The van der Waals surface area contributed by atoms with Crippen LogP contribution >= 0.6 is 0 Å². The number of amides is 1. The molecule has 6 nitrogen and oxygen atoms in total. The van der Waals surface area contributed by atoms with Gasteiger partial charge in [-0.2, -0.15) is 0 Å². The highest BCUT2D eigenvalue weighted by atomic mass is 16.5. The lowest BCUT2D eigenvalue weighted by Gasteiger charge is -2.26. The molecule has 0 saturated heterocycles. The van der Waals surface area contributed by atoms with E-state index in [1.165, 1.54) is 10.6 Å². The highest BCUT2D eigenvalue weighted by Crippen LogP contribution is 2.25. The Morgan fingerprint density at radius 2 is 2.00 bits per heavy atom. The third-order valence-corrected chi connectivity index (χ3v) is 4.43. The number of para-hydroxylation sites is 1. The monoisotopic (exact) mass is 335 g/mol. The van der Waals surface area contributed by atoms with E-state index in [1.807, 2.05) is 31.2 Å². The second-order valence-corrected chi connectivity index (χ2v) is 6.11. The zero-order valence-electron chi connectivity index (χ0n) is 13.8. The minimum absolute atomic E-state index is 0.0648. The number of carbonyl (C=O) groups is 1. The molecular weight excluding hydrogens is 318 g/mol. The fourth-order valence-electron chi connectivity index (χ4n) is 3.02. The van der Waals surface area contributed by atoms with Crippen molar-refractivity contribution < 1.29 is 9.53 Å². The number of hydrogen-bond acceptors (Lipinski definition) is 4. The first-order valence-corrected chi connectivity index (χ1v) is 8.13. The van der Waals surface area contributed by atoms with E-state index in [0.717, 1.165) is 11.3 Å². The Labute approximate surface area is 144 Å². The number of hydrogen-bond donors (Lipinski definition) is 0. The van der Waals surface area contributed by atoms with Crippen LogP contribution in [0.3, 0.4) is 0 Å². The van der Waals surface area contributed by atoms with Crippen molar-refractivity contribution in [1.82, 2.24) is 14.3 Å². The van der Waals surface area contributed by atoms with Gasteiger partial charge in [-0.15, -0.1) is 0 Å². The van der Waals surface area contributed by atoms with Gasteiger partial charge in [0.15, 0.2) is 0 Å². The van der Waals surface area contributed by atoms with Crippen molar-refractivity contribution in [2.45, 2.75) is 19.5 Å². The van der Waals surface area contributed by atoms with Gasteiger partial charge in [0.1, 0.15) is 23.6 Å². The predicted molar refractivity (Wildman–Crippen MR) is 92.7 cm³/mol. The molecule has 4 rings (SSSR count). The number of aromatic nitrogens is 2. The van der Waals surface area contributed by atoms with Crippen LogP contribution in [0, 0.1) is 0 Å². The molecule has 25 heavy (non-hydrogen) atoms. The Balaban J connectivity index is 1.75. The Morgan fingerprint density at radius 3 is 2.88 bits per heavy atom. The van der Waals surface area contributed by atoms with Gasteiger partial charge in [0, 0.05) is 18.0 Å². The summed E-state index contributed by atoms with van der Waals surface area (Å²) in [6.07, 6.45) is 2.98. The lowest BCUT2D eigenvalue weighted by molar-refractivity contribution is 0.0643. The average molecular weight is 335 g/mol. The summed E-state index contributed by atoms with van der Waals surface area (Å²) in [5, 5.41) is 0. The van der Waals surface area contributed by atoms with Gasteiger partial charge >= 0.3 is 0 Å². The average Bonchev–Trinajstić information content (AvgIpc) is 2.81. The quantitative estimate of drug-likeness (QED) is 0.683. The highest BCUT2D eigenvalue weighted by molar-refractivity contribution is 5.94.